The summed E-state index contributed by atoms with van der Waals surface area (Å²) in [5.41, 5.74) is 1.48. The molecule has 0 atom stereocenters. The first-order valence-electron chi connectivity index (χ1n) is 10.7. The summed E-state index contributed by atoms with van der Waals surface area (Å²) >= 11 is 0. The van der Waals surface area contributed by atoms with E-state index in [-0.39, 0.29) is 37.9 Å². The van der Waals surface area contributed by atoms with Crippen molar-refractivity contribution in [2.75, 3.05) is 51.4 Å². The molecule has 0 aliphatic heterocycles. The lowest BCUT2D eigenvalue weighted by Gasteiger charge is -2.08. The van der Waals surface area contributed by atoms with Gasteiger partial charge in [-0.1, -0.05) is 13.3 Å². The Bertz CT molecular complexity index is 650. The summed E-state index contributed by atoms with van der Waals surface area (Å²) in [4.78, 5) is 33.7. The number of carbonyl (C=O) groups is 3. The third-order valence-corrected chi connectivity index (χ3v) is 4.17. The molecule has 0 radical (unpaired) electrons. The zero-order chi connectivity index (χ0) is 22.7. The number of carbonyl (C=O) groups excluding carboxylic acids is 2. The van der Waals surface area contributed by atoms with Gasteiger partial charge in [0, 0.05) is 31.8 Å². The van der Waals surface area contributed by atoms with E-state index in [4.69, 9.17) is 19.3 Å². The zero-order valence-corrected chi connectivity index (χ0v) is 18.2. The van der Waals surface area contributed by atoms with E-state index in [1.807, 2.05) is 12.1 Å². The highest BCUT2D eigenvalue weighted by Gasteiger charge is 2.07. The van der Waals surface area contributed by atoms with Crippen LogP contribution < -0.4 is 10.6 Å². The summed E-state index contributed by atoms with van der Waals surface area (Å²) in [6.45, 7) is 5.16. The lowest BCUT2D eigenvalue weighted by molar-refractivity contribution is -0.138. The van der Waals surface area contributed by atoms with E-state index in [9.17, 15) is 14.4 Å². The largest absolute Gasteiger partial charge is 0.481 e. The minimum atomic E-state index is -0.988. The predicted molar refractivity (Wildman–Crippen MR) is 116 cm³/mol. The highest BCUT2D eigenvalue weighted by molar-refractivity contribution is 5.89. The van der Waals surface area contributed by atoms with Gasteiger partial charge in [0.15, 0.2) is 0 Å². The lowest BCUT2D eigenvalue weighted by atomic mass is 10.2. The molecule has 0 aromatic heterocycles. The Hall–Kier alpha value is -2.65. The molecule has 1 aromatic rings. The van der Waals surface area contributed by atoms with Crippen molar-refractivity contribution in [1.29, 1.82) is 0 Å². The molecule has 0 aliphatic carbocycles. The number of nitrogens with one attached hydrogen (secondary N) is 2. The van der Waals surface area contributed by atoms with Crippen molar-refractivity contribution in [3.05, 3.63) is 29.8 Å². The van der Waals surface area contributed by atoms with Gasteiger partial charge in [-0.3, -0.25) is 9.59 Å². The van der Waals surface area contributed by atoms with E-state index in [1.54, 1.807) is 12.1 Å². The molecule has 0 aliphatic rings. The number of esters is 1. The first kappa shape index (κ1) is 26.4. The van der Waals surface area contributed by atoms with E-state index in [0.29, 0.717) is 38.3 Å². The van der Waals surface area contributed by atoms with Gasteiger partial charge in [-0.25, -0.2) is 4.79 Å². The molecule has 1 aromatic carbocycles. The first-order chi connectivity index (χ1) is 15.0. The van der Waals surface area contributed by atoms with Gasteiger partial charge >= 0.3 is 11.9 Å². The number of rotatable bonds is 18. The number of hydrogen-bond acceptors (Lipinski definition) is 7. The predicted octanol–water partition coefficient (Wildman–Crippen LogP) is 2.46. The molecule has 0 spiro atoms. The van der Waals surface area contributed by atoms with Gasteiger partial charge in [-0.2, -0.15) is 0 Å². The number of unbranched alkanes of at least 4 members (excludes halogenated alkanes) is 1. The first-order valence-corrected chi connectivity index (χ1v) is 10.7. The second kappa shape index (κ2) is 17.1. The summed E-state index contributed by atoms with van der Waals surface area (Å²) in [6, 6.07) is 7.20. The fraction of sp³-hybridized carbons (Fsp3) is 0.591. The molecular weight excluding hydrogens is 404 g/mol. The summed E-state index contributed by atoms with van der Waals surface area (Å²) in [5.74, 6) is -1.65. The number of hydrogen-bond donors (Lipinski definition) is 3. The smallest absolute Gasteiger partial charge is 0.338 e. The van der Waals surface area contributed by atoms with Crippen molar-refractivity contribution in [3.8, 4) is 0 Å². The average Bonchev–Trinajstić information content (AvgIpc) is 2.76. The Balaban J connectivity index is 1.96. The SMILES string of the molecule is CCCCNc1ccc(C(=O)OCCOCCOCCCNC(=O)CCC(=O)O)cc1. The van der Waals surface area contributed by atoms with Crippen molar-refractivity contribution >= 4 is 23.5 Å². The molecule has 0 heterocycles. The van der Waals surface area contributed by atoms with Gasteiger partial charge in [0.2, 0.25) is 5.91 Å². The van der Waals surface area contributed by atoms with Crippen LogP contribution in [0.4, 0.5) is 5.69 Å². The van der Waals surface area contributed by atoms with Crippen LogP contribution >= 0.6 is 0 Å². The monoisotopic (exact) mass is 438 g/mol. The molecule has 9 nitrogen and oxygen atoms in total. The Morgan fingerprint density at radius 1 is 0.871 bits per heavy atom. The van der Waals surface area contributed by atoms with Crippen LogP contribution in [-0.4, -0.2) is 69.1 Å². The molecule has 174 valence electrons. The van der Waals surface area contributed by atoms with Crippen LogP contribution in [0.25, 0.3) is 0 Å². The van der Waals surface area contributed by atoms with E-state index in [2.05, 4.69) is 17.6 Å². The minimum absolute atomic E-state index is 0.0177. The molecule has 31 heavy (non-hydrogen) atoms. The maximum absolute atomic E-state index is 12.0. The van der Waals surface area contributed by atoms with Crippen molar-refractivity contribution in [2.45, 2.75) is 39.0 Å². The summed E-state index contributed by atoms with van der Waals surface area (Å²) in [7, 11) is 0. The number of carboxylic acids is 1. The highest BCUT2D eigenvalue weighted by Crippen LogP contribution is 2.10. The van der Waals surface area contributed by atoms with Gasteiger partial charge in [0.1, 0.15) is 6.61 Å². The van der Waals surface area contributed by atoms with Crippen molar-refractivity contribution in [2.24, 2.45) is 0 Å². The Morgan fingerprint density at radius 2 is 1.55 bits per heavy atom. The fourth-order valence-corrected chi connectivity index (χ4v) is 2.44. The number of anilines is 1. The summed E-state index contributed by atoms with van der Waals surface area (Å²) in [6.07, 6.45) is 2.67. The standard InChI is InChI=1S/C22H34N2O7/c1-2-3-11-23-19-7-5-18(6-8-19)22(28)31-17-16-30-15-14-29-13-4-12-24-20(25)9-10-21(26)27/h5-8,23H,2-4,9-17H2,1H3,(H,24,25)(H,26,27). The molecule has 0 saturated heterocycles. The quantitative estimate of drug-likeness (QED) is 0.236. The zero-order valence-electron chi connectivity index (χ0n) is 18.2. The van der Waals surface area contributed by atoms with Gasteiger partial charge in [0.25, 0.3) is 0 Å². The number of benzene rings is 1. The van der Waals surface area contributed by atoms with E-state index >= 15 is 0 Å². The van der Waals surface area contributed by atoms with Crippen molar-refractivity contribution in [1.82, 2.24) is 5.32 Å². The Morgan fingerprint density at radius 3 is 2.23 bits per heavy atom. The normalized spacial score (nSPS) is 10.5. The van der Waals surface area contributed by atoms with Gasteiger partial charge in [-0.05, 0) is 37.1 Å². The van der Waals surface area contributed by atoms with Crippen LogP contribution in [0.1, 0.15) is 49.4 Å². The number of amides is 1. The number of ether oxygens (including phenoxy) is 3. The number of aliphatic carboxylic acids is 1. The van der Waals surface area contributed by atoms with Crippen LogP contribution in [0.3, 0.4) is 0 Å². The molecule has 0 bridgehead atoms. The van der Waals surface area contributed by atoms with Crippen molar-refractivity contribution in [3.63, 3.8) is 0 Å². The molecule has 1 amide bonds. The molecule has 0 unspecified atom stereocenters. The topological polar surface area (TPSA) is 123 Å². The molecular formula is C22H34N2O7. The third-order valence-electron chi connectivity index (χ3n) is 4.17. The third kappa shape index (κ3) is 14.1. The maximum atomic E-state index is 12.0. The molecule has 1 rings (SSSR count). The minimum Gasteiger partial charge on any atom is -0.481 e. The van der Waals surface area contributed by atoms with Crippen molar-refractivity contribution < 1.29 is 33.7 Å². The van der Waals surface area contributed by atoms with Crippen LogP contribution in [0.2, 0.25) is 0 Å². The molecule has 0 saturated carbocycles. The fourth-order valence-electron chi connectivity index (χ4n) is 2.44. The average molecular weight is 439 g/mol. The lowest BCUT2D eigenvalue weighted by Crippen LogP contribution is -2.25. The van der Waals surface area contributed by atoms with Crippen LogP contribution in [-0.2, 0) is 23.8 Å². The van der Waals surface area contributed by atoms with Crippen LogP contribution in [0, 0.1) is 0 Å². The van der Waals surface area contributed by atoms with E-state index in [0.717, 1.165) is 25.1 Å². The second-order valence-electron chi connectivity index (χ2n) is 6.82. The van der Waals surface area contributed by atoms with Gasteiger partial charge in [-0.15, -0.1) is 0 Å². The number of carboxylic acid groups (broad SMARTS) is 1. The second-order valence-corrected chi connectivity index (χ2v) is 6.82. The summed E-state index contributed by atoms with van der Waals surface area (Å²) in [5, 5.41) is 14.4. The molecule has 3 N–H and O–H groups in total. The maximum Gasteiger partial charge on any atom is 0.338 e. The van der Waals surface area contributed by atoms with Crippen LogP contribution in [0.5, 0.6) is 0 Å². The van der Waals surface area contributed by atoms with Gasteiger partial charge in [0.05, 0.1) is 31.8 Å². The van der Waals surface area contributed by atoms with Gasteiger partial charge < -0.3 is 30.0 Å². The summed E-state index contributed by atoms with van der Waals surface area (Å²) < 4.78 is 15.9. The Kier molecular flexibility index (Phi) is 14.5. The van der Waals surface area contributed by atoms with E-state index < -0.39 is 5.97 Å². The molecule has 0 fully saturated rings. The highest BCUT2D eigenvalue weighted by atomic mass is 16.6. The van der Waals surface area contributed by atoms with Crippen LogP contribution in [0.15, 0.2) is 24.3 Å². The molecule has 9 heteroatoms. The Labute approximate surface area is 183 Å². The van der Waals surface area contributed by atoms with E-state index in [1.165, 1.54) is 0 Å².